The number of halogens is 3. The zero-order chi connectivity index (χ0) is 25.3. The minimum absolute atomic E-state index is 0.00192. The molecular weight excluding hydrogens is 467 g/mol. The predicted molar refractivity (Wildman–Crippen MR) is 120 cm³/mol. The van der Waals surface area contributed by atoms with Crippen LogP contribution in [-0.4, -0.2) is 25.2 Å². The molecule has 2 heterocycles. The van der Waals surface area contributed by atoms with Gasteiger partial charge < -0.3 is 10.1 Å². The van der Waals surface area contributed by atoms with Gasteiger partial charge in [-0.25, -0.2) is 9.48 Å². The molecule has 0 saturated carbocycles. The first-order chi connectivity index (χ1) is 16.6. The number of aromatic nitrogens is 4. The van der Waals surface area contributed by atoms with Gasteiger partial charge in [-0.05, 0) is 48.5 Å². The summed E-state index contributed by atoms with van der Waals surface area (Å²) >= 11 is 0. The largest absolute Gasteiger partial charge is 0.440 e. The van der Waals surface area contributed by atoms with Gasteiger partial charge in [-0.1, -0.05) is 6.58 Å². The fraction of sp³-hybridized carbons (Fsp3) is 0.130. The van der Waals surface area contributed by atoms with Crippen molar-refractivity contribution in [3.8, 4) is 17.3 Å². The van der Waals surface area contributed by atoms with Crippen LogP contribution in [0, 0.1) is 0 Å². The number of nitrogens with zero attached hydrogens (tertiary/aromatic N) is 3. The van der Waals surface area contributed by atoms with Crippen molar-refractivity contribution >= 4 is 16.8 Å². The van der Waals surface area contributed by atoms with Crippen LogP contribution in [-0.2, 0) is 24.6 Å². The topological polar surface area (TPSA) is 111 Å². The second-order valence-corrected chi connectivity index (χ2v) is 7.44. The van der Waals surface area contributed by atoms with E-state index in [1.165, 1.54) is 23.9 Å². The summed E-state index contributed by atoms with van der Waals surface area (Å²) in [4.78, 5) is 37.3. The third-order valence-electron chi connectivity index (χ3n) is 5.12. The van der Waals surface area contributed by atoms with Gasteiger partial charge in [-0.15, -0.1) is 0 Å². The van der Waals surface area contributed by atoms with Crippen LogP contribution in [0.3, 0.4) is 0 Å². The first kappa shape index (κ1) is 23.5. The number of H-pyrrole nitrogens is 1. The maximum Gasteiger partial charge on any atom is 0.416 e. The minimum atomic E-state index is -4.48. The molecule has 2 aromatic carbocycles. The number of hydrogen-bond acceptors (Lipinski definition) is 5. The van der Waals surface area contributed by atoms with Crippen molar-refractivity contribution in [3.63, 3.8) is 0 Å². The first-order valence-electron chi connectivity index (χ1n) is 10.1. The number of carbonyl (C=O) groups excluding carboxylic acids is 1. The number of carbonyl (C=O) groups is 1. The van der Waals surface area contributed by atoms with Crippen molar-refractivity contribution in [3.05, 3.63) is 93.3 Å². The van der Waals surface area contributed by atoms with E-state index >= 15 is 0 Å². The van der Waals surface area contributed by atoms with Crippen LogP contribution < -0.4 is 21.3 Å². The smallest absolute Gasteiger partial charge is 0.416 e. The SMILES string of the molecule is C=CC(=O)NCc1nn(-c2ccc(C(F)(F)F)cc2)c2ccc(Oc3cc(=O)[nH]c(=O)n3C)cc12. The number of alkyl halides is 3. The lowest BCUT2D eigenvalue weighted by atomic mass is 10.1. The normalized spacial score (nSPS) is 11.4. The molecule has 0 aliphatic rings. The maximum absolute atomic E-state index is 13.0. The van der Waals surface area contributed by atoms with E-state index in [1.807, 2.05) is 0 Å². The van der Waals surface area contributed by atoms with Gasteiger partial charge in [0.25, 0.3) is 5.56 Å². The van der Waals surface area contributed by atoms with E-state index in [2.05, 4.69) is 22.0 Å². The van der Waals surface area contributed by atoms with E-state index in [-0.39, 0.29) is 18.2 Å². The van der Waals surface area contributed by atoms with E-state index in [0.717, 1.165) is 28.8 Å². The van der Waals surface area contributed by atoms with Gasteiger partial charge in [0, 0.05) is 12.4 Å². The molecule has 0 aliphatic heterocycles. The molecule has 0 unspecified atom stereocenters. The molecule has 2 N–H and O–H groups in total. The van der Waals surface area contributed by atoms with Crippen molar-refractivity contribution in [1.29, 1.82) is 0 Å². The summed E-state index contributed by atoms with van der Waals surface area (Å²) in [6.45, 7) is 3.40. The minimum Gasteiger partial charge on any atom is -0.440 e. The molecule has 12 heteroatoms. The summed E-state index contributed by atoms with van der Waals surface area (Å²) in [5.41, 5.74) is -0.783. The monoisotopic (exact) mass is 485 g/mol. The number of rotatable bonds is 6. The van der Waals surface area contributed by atoms with Crippen LogP contribution in [0.2, 0.25) is 0 Å². The number of ether oxygens (including phenoxy) is 1. The van der Waals surface area contributed by atoms with Gasteiger partial charge >= 0.3 is 11.9 Å². The van der Waals surface area contributed by atoms with Crippen LogP contribution in [0.25, 0.3) is 16.6 Å². The van der Waals surface area contributed by atoms with Gasteiger partial charge in [-0.3, -0.25) is 19.1 Å². The standard InChI is InChI=1S/C23H18F3N5O4/c1-3-19(32)27-12-17-16-10-15(35-21-11-20(33)28-22(34)30(21)2)8-9-18(16)31(29-17)14-6-4-13(5-7-14)23(24,25)26/h3-11H,1,12H2,2H3,(H,27,32)(H,28,33,34). The Kier molecular flexibility index (Phi) is 6.03. The third kappa shape index (κ3) is 4.86. The summed E-state index contributed by atoms with van der Waals surface area (Å²) in [7, 11) is 1.42. The Morgan fingerprint density at radius 2 is 1.89 bits per heavy atom. The van der Waals surface area contributed by atoms with Crippen LogP contribution >= 0.6 is 0 Å². The number of aromatic amines is 1. The Morgan fingerprint density at radius 1 is 1.17 bits per heavy atom. The Hall–Kier alpha value is -4.61. The van der Waals surface area contributed by atoms with Gasteiger partial charge in [0.05, 0.1) is 35.1 Å². The maximum atomic E-state index is 13.0. The molecule has 2 aromatic heterocycles. The van der Waals surface area contributed by atoms with E-state index < -0.39 is 28.9 Å². The lowest BCUT2D eigenvalue weighted by molar-refractivity contribution is -0.137. The van der Waals surface area contributed by atoms with E-state index in [0.29, 0.717) is 22.3 Å². The average Bonchev–Trinajstić information content (AvgIpc) is 3.18. The fourth-order valence-corrected chi connectivity index (χ4v) is 3.34. The quantitative estimate of drug-likeness (QED) is 0.408. The van der Waals surface area contributed by atoms with Crippen LogP contribution in [0.4, 0.5) is 13.2 Å². The van der Waals surface area contributed by atoms with Gasteiger partial charge in [-0.2, -0.15) is 18.3 Å². The molecule has 35 heavy (non-hydrogen) atoms. The molecule has 0 atom stereocenters. The Bertz CT molecular complexity index is 1550. The molecule has 0 saturated heterocycles. The zero-order valence-corrected chi connectivity index (χ0v) is 18.2. The van der Waals surface area contributed by atoms with Gasteiger partial charge in [0.15, 0.2) is 0 Å². The lowest BCUT2D eigenvalue weighted by Gasteiger charge is -2.10. The molecule has 0 fully saturated rings. The highest BCUT2D eigenvalue weighted by Crippen LogP contribution is 2.32. The summed E-state index contributed by atoms with van der Waals surface area (Å²) < 4.78 is 47.2. The highest BCUT2D eigenvalue weighted by molar-refractivity contribution is 5.88. The van der Waals surface area contributed by atoms with Crippen molar-refractivity contribution in [2.24, 2.45) is 7.05 Å². The van der Waals surface area contributed by atoms with E-state index in [9.17, 15) is 27.6 Å². The van der Waals surface area contributed by atoms with Gasteiger partial charge in [0.1, 0.15) is 5.75 Å². The molecule has 9 nitrogen and oxygen atoms in total. The number of nitrogens with one attached hydrogen (secondary N) is 2. The molecule has 0 aliphatic carbocycles. The van der Waals surface area contributed by atoms with Crippen LogP contribution in [0.15, 0.2) is 70.8 Å². The van der Waals surface area contributed by atoms with E-state index in [1.54, 1.807) is 18.2 Å². The van der Waals surface area contributed by atoms with Crippen molar-refractivity contribution in [2.75, 3.05) is 0 Å². The second-order valence-electron chi connectivity index (χ2n) is 7.44. The number of amides is 1. The highest BCUT2D eigenvalue weighted by Gasteiger charge is 2.30. The molecule has 0 radical (unpaired) electrons. The van der Waals surface area contributed by atoms with Crippen molar-refractivity contribution in [2.45, 2.75) is 12.7 Å². The highest BCUT2D eigenvalue weighted by atomic mass is 19.4. The molecule has 180 valence electrons. The van der Waals surface area contributed by atoms with Gasteiger partial charge in [0.2, 0.25) is 11.8 Å². The summed E-state index contributed by atoms with van der Waals surface area (Å²) in [6, 6.07) is 10.4. The Morgan fingerprint density at radius 3 is 2.54 bits per heavy atom. The molecule has 0 spiro atoms. The molecule has 4 aromatic rings. The predicted octanol–water partition coefficient (Wildman–Crippen LogP) is 3.03. The molecule has 1 amide bonds. The molecular formula is C23H18F3N5O4. The van der Waals surface area contributed by atoms with Crippen LogP contribution in [0.5, 0.6) is 11.6 Å². The fourth-order valence-electron chi connectivity index (χ4n) is 3.34. The lowest BCUT2D eigenvalue weighted by Crippen LogP contribution is -2.28. The zero-order valence-electron chi connectivity index (χ0n) is 18.2. The van der Waals surface area contributed by atoms with E-state index in [4.69, 9.17) is 4.74 Å². The third-order valence-corrected chi connectivity index (χ3v) is 5.12. The van der Waals surface area contributed by atoms with Crippen molar-refractivity contribution < 1.29 is 22.7 Å². The Balaban J connectivity index is 1.79. The van der Waals surface area contributed by atoms with Crippen LogP contribution in [0.1, 0.15) is 11.3 Å². The molecule has 4 rings (SSSR count). The first-order valence-corrected chi connectivity index (χ1v) is 10.1. The summed E-state index contributed by atoms with van der Waals surface area (Å²) in [5, 5.41) is 7.62. The Labute approximate surface area is 195 Å². The number of fused-ring (bicyclic) bond motifs is 1. The average molecular weight is 485 g/mol. The second kappa shape index (κ2) is 8.97. The van der Waals surface area contributed by atoms with Crippen molar-refractivity contribution in [1.82, 2.24) is 24.6 Å². The summed E-state index contributed by atoms with van der Waals surface area (Å²) in [5.74, 6) is -0.177. The molecule has 0 bridgehead atoms. The number of hydrogen-bond donors (Lipinski definition) is 2. The summed E-state index contributed by atoms with van der Waals surface area (Å²) in [6.07, 6.45) is -3.38. The number of benzene rings is 2.